The first-order valence-corrected chi connectivity index (χ1v) is 7.94. The van der Waals surface area contributed by atoms with Gasteiger partial charge in [-0.2, -0.15) is 0 Å². The molecule has 2 aliphatic rings. The number of fused-ring (bicyclic) bond motifs is 6. The summed E-state index contributed by atoms with van der Waals surface area (Å²) in [5.74, 6) is 0.456. The zero-order valence-electron chi connectivity index (χ0n) is 13.3. The van der Waals surface area contributed by atoms with Gasteiger partial charge in [-0.25, -0.2) is 4.79 Å². The van der Waals surface area contributed by atoms with Gasteiger partial charge in [0, 0.05) is 12.5 Å². The molecule has 4 rings (SSSR count). The Labute approximate surface area is 130 Å². The molecule has 0 N–H and O–H groups in total. The molecule has 0 radical (unpaired) electrons. The number of amides is 1. The summed E-state index contributed by atoms with van der Waals surface area (Å²) in [6.45, 7) is 6.53. The van der Waals surface area contributed by atoms with Crippen molar-refractivity contribution in [3.8, 4) is 0 Å². The normalized spacial score (nSPS) is 23.0. The fraction of sp³-hybridized carbons (Fsp3) is 0.421. The van der Waals surface area contributed by atoms with Crippen LogP contribution in [0.4, 0.5) is 4.79 Å². The Morgan fingerprint density at radius 1 is 1.14 bits per heavy atom. The maximum Gasteiger partial charge on any atom is 0.410 e. The molecule has 0 spiro atoms. The average Bonchev–Trinajstić information content (AvgIpc) is 3.02. The minimum Gasteiger partial charge on any atom is -0.444 e. The summed E-state index contributed by atoms with van der Waals surface area (Å²) >= 11 is 0. The van der Waals surface area contributed by atoms with E-state index in [1.807, 2.05) is 25.7 Å². The van der Waals surface area contributed by atoms with E-state index in [0.29, 0.717) is 5.92 Å². The summed E-state index contributed by atoms with van der Waals surface area (Å²) in [7, 11) is 0. The SMILES string of the molecule is CC(C)(C)OC(=O)N1C[C@H]2C[C@@H]1c1cc3ccccc3cc12. The van der Waals surface area contributed by atoms with Gasteiger partial charge < -0.3 is 9.64 Å². The van der Waals surface area contributed by atoms with Crippen LogP contribution in [0.2, 0.25) is 0 Å². The van der Waals surface area contributed by atoms with E-state index in [2.05, 4.69) is 36.4 Å². The van der Waals surface area contributed by atoms with E-state index in [9.17, 15) is 4.79 Å². The topological polar surface area (TPSA) is 29.5 Å². The average molecular weight is 295 g/mol. The van der Waals surface area contributed by atoms with Crippen LogP contribution in [-0.2, 0) is 4.74 Å². The van der Waals surface area contributed by atoms with Crippen molar-refractivity contribution in [1.29, 1.82) is 0 Å². The molecule has 114 valence electrons. The third kappa shape index (κ3) is 2.07. The van der Waals surface area contributed by atoms with E-state index < -0.39 is 5.60 Å². The predicted octanol–water partition coefficient (Wildman–Crippen LogP) is 4.62. The van der Waals surface area contributed by atoms with Gasteiger partial charge in [0.2, 0.25) is 0 Å². The van der Waals surface area contributed by atoms with Gasteiger partial charge in [0.25, 0.3) is 0 Å². The summed E-state index contributed by atoms with van der Waals surface area (Å²) in [6.07, 6.45) is 0.851. The van der Waals surface area contributed by atoms with Crippen molar-refractivity contribution < 1.29 is 9.53 Å². The molecule has 2 bridgehead atoms. The summed E-state index contributed by atoms with van der Waals surface area (Å²) in [5.41, 5.74) is 2.29. The second-order valence-electron chi connectivity index (χ2n) is 7.41. The van der Waals surface area contributed by atoms with E-state index in [1.54, 1.807) is 0 Å². The lowest BCUT2D eigenvalue weighted by molar-refractivity contribution is 0.0215. The van der Waals surface area contributed by atoms with Crippen LogP contribution in [0.25, 0.3) is 10.8 Å². The summed E-state index contributed by atoms with van der Waals surface area (Å²) in [6, 6.07) is 13.2. The number of carbonyl (C=O) groups is 1. The van der Waals surface area contributed by atoms with Crippen molar-refractivity contribution in [3.05, 3.63) is 47.5 Å². The molecule has 0 saturated carbocycles. The van der Waals surface area contributed by atoms with Crippen LogP contribution in [0.3, 0.4) is 0 Å². The van der Waals surface area contributed by atoms with Crippen LogP contribution < -0.4 is 0 Å². The number of likely N-dealkylation sites (tertiary alicyclic amines) is 1. The number of ether oxygens (including phenoxy) is 1. The molecule has 3 heteroatoms. The highest BCUT2D eigenvalue weighted by Crippen LogP contribution is 2.51. The maximum atomic E-state index is 12.4. The Kier molecular flexibility index (Phi) is 2.77. The van der Waals surface area contributed by atoms with Crippen LogP contribution in [0.1, 0.15) is 50.3 Å². The van der Waals surface area contributed by atoms with Crippen LogP contribution in [0.5, 0.6) is 0 Å². The molecule has 1 aliphatic heterocycles. The number of benzene rings is 2. The number of hydrogen-bond acceptors (Lipinski definition) is 2. The monoisotopic (exact) mass is 295 g/mol. The van der Waals surface area contributed by atoms with Crippen LogP contribution in [-0.4, -0.2) is 23.1 Å². The third-order valence-electron chi connectivity index (χ3n) is 4.68. The molecule has 1 amide bonds. The molecular formula is C19H21NO2. The van der Waals surface area contributed by atoms with E-state index in [0.717, 1.165) is 13.0 Å². The Bertz CT molecular complexity index is 760. The lowest BCUT2D eigenvalue weighted by Crippen LogP contribution is -2.38. The predicted molar refractivity (Wildman–Crippen MR) is 87.0 cm³/mol. The lowest BCUT2D eigenvalue weighted by Gasteiger charge is -2.31. The van der Waals surface area contributed by atoms with Gasteiger partial charge in [-0.1, -0.05) is 30.3 Å². The van der Waals surface area contributed by atoms with Crippen molar-refractivity contribution >= 4 is 16.9 Å². The van der Waals surface area contributed by atoms with Crippen LogP contribution >= 0.6 is 0 Å². The smallest absolute Gasteiger partial charge is 0.410 e. The van der Waals surface area contributed by atoms with Crippen molar-refractivity contribution in [2.24, 2.45) is 0 Å². The van der Waals surface area contributed by atoms with Gasteiger partial charge in [-0.15, -0.1) is 0 Å². The molecule has 1 aliphatic carbocycles. The second-order valence-corrected chi connectivity index (χ2v) is 7.41. The van der Waals surface area contributed by atoms with Gasteiger partial charge in [0.1, 0.15) is 5.60 Å². The van der Waals surface area contributed by atoms with E-state index in [4.69, 9.17) is 4.74 Å². The first kappa shape index (κ1) is 13.6. The molecule has 0 aromatic heterocycles. The molecule has 2 aromatic carbocycles. The first-order chi connectivity index (χ1) is 10.4. The van der Waals surface area contributed by atoms with E-state index >= 15 is 0 Å². The van der Waals surface area contributed by atoms with Crippen molar-refractivity contribution in [3.63, 3.8) is 0 Å². The quantitative estimate of drug-likeness (QED) is 0.710. The molecule has 1 heterocycles. The fourth-order valence-electron chi connectivity index (χ4n) is 3.80. The highest BCUT2D eigenvalue weighted by Gasteiger charge is 2.45. The largest absolute Gasteiger partial charge is 0.444 e. The van der Waals surface area contributed by atoms with E-state index in [1.165, 1.54) is 21.9 Å². The zero-order valence-corrected chi connectivity index (χ0v) is 13.3. The van der Waals surface area contributed by atoms with Gasteiger partial charge in [0.05, 0.1) is 6.04 Å². The lowest BCUT2D eigenvalue weighted by atomic mass is 9.95. The zero-order chi connectivity index (χ0) is 15.5. The molecule has 3 nitrogen and oxygen atoms in total. The Morgan fingerprint density at radius 3 is 2.41 bits per heavy atom. The van der Waals surface area contributed by atoms with Gasteiger partial charge >= 0.3 is 6.09 Å². The number of carbonyl (C=O) groups excluding carboxylic acids is 1. The van der Waals surface area contributed by atoms with Gasteiger partial charge in [-0.3, -0.25) is 0 Å². The Hall–Kier alpha value is -2.03. The highest BCUT2D eigenvalue weighted by atomic mass is 16.6. The van der Waals surface area contributed by atoms with Gasteiger partial charge in [0.15, 0.2) is 0 Å². The number of hydrogen-bond donors (Lipinski definition) is 0. The molecular weight excluding hydrogens is 274 g/mol. The van der Waals surface area contributed by atoms with Crippen molar-refractivity contribution in [2.75, 3.05) is 6.54 Å². The first-order valence-electron chi connectivity index (χ1n) is 7.94. The molecule has 1 saturated heterocycles. The summed E-state index contributed by atoms with van der Waals surface area (Å²) in [5, 5.41) is 2.54. The Morgan fingerprint density at radius 2 is 1.77 bits per heavy atom. The second kappa shape index (κ2) is 4.48. The van der Waals surface area contributed by atoms with Crippen LogP contribution in [0.15, 0.2) is 36.4 Å². The highest BCUT2D eigenvalue weighted by molar-refractivity contribution is 5.85. The minimum atomic E-state index is -0.439. The summed E-state index contributed by atoms with van der Waals surface area (Å²) in [4.78, 5) is 14.3. The molecule has 2 aromatic rings. The fourth-order valence-corrected chi connectivity index (χ4v) is 3.80. The summed E-state index contributed by atoms with van der Waals surface area (Å²) < 4.78 is 5.56. The number of nitrogens with zero attached hydrogens (tertiary/aromatic N) is 1. The standard InChI is InChI=1S/C19H21NO2/c1-19(2,3)22-18(21)20-11-14-10-17(20)16-9-13-7-5-4-6-12(13)8-15(14)16/h4-9,14,17H,10-11H2,1-3H3/t14-,17-/m1/s1. The van der Waals surface area contributed by atoms with Crippen molar-refractivity contribution in [1.82, 2.24) is 4.90 Å². The molecule has 22 heavy (non-hydrogen) atoms. The number of rotatable bonds is 0. The van der Waals surface area contributed by atoms with E-state index in [-0.39, 0.29) is 12.1 Å². The van der Waals surface area contributed by atoms with Crippen molar-refractivity contribution in [2.45, 2.75) is 44.8 Å². The third-order valence-corrected chi connectivity index (χ3v) is 4.68. The maximum absolute atomic E-state index is 12.4. The Balaban J connectivity index is 1.69. The molecule has 2 atom stereocenters. The molecule has 0 unspecified atom stereocenters. The molecule has 1 fully saturated rings. The van der Waals surface area contributed by atoms with Crippen LogP contribution in [0, 0.1) is 0 Å². The minimum absolute atomic E-state index is 0.180. The van der Waals surface area contributed by atoms with Gasteiger partial charge in [-0.05, 0) is 55.2 Å².